The van der Waals surface area contributed by atoms with E-state index < -0.39 is 43.1 Å². The smallest absolute Gasteiger partial charge is 0.293 e. The number of rotatable bonds is 15. The van der Waals surface area contributed by atoms with Crippen LogP contribution in [-0.2, 0) is 19.5 Å². The molecule has 14 rings (SSSR count). The van der Waals surface area contributed by atoms with Crippen molar-refractivity contribution in [3.05, 3.63) is 118 Å². The number of piperazine rings is 1. The average Bonchev–Trinajstić information content (AvgIpc) is 1.37. The number of aliphatic hydroxyl groups is 1. The lowest BCUT2D eigenvalue weighted by atomic mass is 9.59. The zero-order valence-electron chi connectivity index (χ0n) is 51.0. The van der Waals surface area contributed by atoms with Crippen molar-refractivity contribution in [3.63, 3.8) is 0 Å². The van der Waals surface area contributed by atoms with Crippen molar-refractivity contribution >= 4 is 61.2 Å². The minimum absolute atomic E-state index is 0.0234. The number of hydrogen-bond acceptors (Lipinski definition) is 19. The third kappa shape index (κ3) is 11.8. The van der Waals surface area contributed by atoms with Crippen LogP contribution in [0.3, 0.4) is 0 Å². The Morgan fingerprint density at radius 1 is 0.865 bits per heavy atom. The van der Waals surface area contributed by atoms with Gasteiger partial charge >= 0.3 is 0 Å². The molecule has 2 saturated carbocycles. The van der Waals surface area contributed by atoms with Gasteiger partial charge in [-0.1, -0.05) is 18.2 Å². The van der Waals surface area contributed by atoms with Crippen LogP contribution in [0.2, 0.25) is 0 Å². The monoisotopic (exact) mass is 1240 g/mol. The van der Waals surface area contributed by atoms with Gasteiger partial charge in [0.05, 0.1) is 71.3 Å². The van der Waals surface area contributed by atoms with E-state index in [9.17, 15) is 28.4 Å². The first-order valence-electron chi connectivity index (χ1n) is 32.0. The molecule has 0 unspecified atom stereocenters. The van der Waals surface area contributed by atoms with Gasteiger partial charge in [0.25, 0.3) is 21.6 Å². The number of fused-ring (bicyclic) bond motifs is 4. The molecule has 3 aromatic heterocycles. The van der Waals surface area contributed by atoms with Gasteiger partial charge in [-0.15, -0.1) is 0 Å². The summed E-state index contributed by atoms with van der Waals surface area (Å²) >= 11 is 0. The van der Waals surface area contributed by atoms with Crippen LogP contribution < -0.4 is 38.9 Å². The van der Waals surface area contributed by atoms with E-state index in [1.54, 1.807) is 6.07 Å². The van der Waals surface area contributed by atoms with Crippen LogP contribution in [0.25, 0.3) is 11.0 Å². The molecule has 89 heavy (non-hydrogen) atoms. The number of carbonyl (C=O) groups is 1. The van der Waals surface area contributed by atoms with E-state index in [0.717, 1.165) is 125 Å². The second-order valence-corrected chi connectivity index (χ2v) is 28.1. The van der Waals surface area contributed by atoms with Crippen molar-refractivity contribution in [2.45, 2.75) is 132 Å². The molecule has 4 saturated heterocycles. The molecule has 1 amide bonds. The van der Waals surface area contributed by atoms with Gasteiger partial charge in [0.1, 0.15) is 28.9 Å². The van der Waals surface area contributed by atoms with E-state index in [-0.39, 0.29) is 53.4 Å². The van der Waals surface area contributed by atoms with Crippen molar-refractivity contribution < 1.29 is 46.9 Å². The van der Waals surface area contributed by atoms with Crippen LogP contribution in [0.1, 0.15) is 119 Å². The average molecular weight is 1240 g/mol. The molecule has 6 fully saturated rings. The standard InChI is InChI=1S/C66H81N11O11S/c1-42(2)87-58-7-5-4-6-48(58)57-40-74(52-17-31-86-60-49(52)15-23-68-62(60)73-28-32-84-33-29-73)26-27-75(57)46-37-66(38-46)20-24-72(25-21-66)45-8-10-50(54(35-45)76-53-16-30-85-41-59(53)88-64-56(76)34-44-14-22-67-61(44)70-64)63(78)71-89(82,83)47-9-11-51(55(36-47)77(80)81)69-39-43-12-18-65(3,79)19-13-43/h4-11,14-15,22-23,34-36,42-43,46,52-53,57,59,69,79H,12-13,16-21,24-33,37-41H2,1-3H3,(H,67,70)(H,71,78)/t43?,52-,53-,57+,59-,65?/m0/s1. The zero-order chi connectivity index (χ0) is 61.2. The van der Waals surface area contributed by atoms with Crippen LogP contribution in [-0.4, -0.2) is 164 Å². The lowest BCUT2D eigenvalue weighted by Crippen LogP contribution is -2.60. The number of nitro groups is 1. The van der Waals surface area contributed by atoms with Crippen molar-refractivity contribution in [2.75, 3.05) is 105 Å². The number of hydrogen-bond donors (Lipinski definition) is 4. The fraction of sp³-hybridized carbons (Fsp3) is 0.530. The molecule has 6 aromatic rings. The maximum Gasteiger partial charge on any atom is 0.293 e. The van der Waals surface area contributed by atoms with E-state index in [4.69, 9.17) is 33.7 Å². The Kier molecular flexibility index (Phi) is 16.1. The second-order valence-electron chi connectivity index (χ2n) is 26.4. The Bertz CT molecular complexity index is 3720. The molecule has 4 N–H and O–H groups in total. The zero-order valence-corrected chi connectivity index (χ0v) is 51.8. The molecule has 23 heteroatoms. The van der Waals surface area contributed by atoms with E-state index in [2.05, 4.69) is 83.7 Å². The number of carbonyl (C=O) groups excluding carboxylic acids is 1. The minimum atomic E-state index is -4.66. The van der Waals surface area contributed by atoms with Crippen molar-refractivity contribution in [1.82, 2.24) is 29.5 Å². The third-order valence-electron chi connectivity index (χ3n) is 20.3. The van der Waals surface area contributed by atoms with Gasteiger partial charge in [-0.25, -0.2) is 18.1 Å². The highest BCUT2D eigenvalue weighted by Crippen LogP contribution is 2.55. The Morgan fingerprint density at radius 3 is 2.47 bits per heavy atom. The van der Waals surface area contributed by atoms with Gasteiger partial charge in [0, 0.05) is 118 Å². The fourth-order valence-corrected chi connectivity index (χ4v) is 16.4. The highest BCUT2D eigenvalue weighted by molar-refractivity contribution is 7.90. The largest absolute Gasteiger partial charge is 0.491 e. The summed E-state index contributed by atoms with van der Waals surface area (Å²) in [6.45, 7) is 15.0. The number of H-pyrrole nitrogens is 1. The molecule has 472 valence electrons. The van der Waals surface area contributed by atoms with Gasteiger partial charge < -0.3 is 53.8 Å². The summed E-state index contributed by atoms with van der Waals surface area (Å²) in [5, 5.41) is 27.0. The van der Waals surface area contributed by atoms with Crippen molar-refractivity contribution in [3.8, 4) is 17.4 Å². The van der Waals surface area contributed by atoms with E-state index in [1.165, 1.54) is 23.3 Å². The van der Waals surface area contributed by atoms with E-state index in [0.29, 0.717) is 81.2 Å². The molecule has 0 radical (unpaired) electrons. The molecule has 1 spiro atoms. The maximum atomic E-state index is 14.9. The van der Waals surface area contributed by atoms with E-state index >= 15 is 0 Å². The Morgan fingerprint density at radius 2 is 1.67 bits per heavy atom. The number of benzene rings is 3. The molecule has 3 aromatic carbocycles. The molecule has 0 bridgehead atoms. The number of aromatic nitrogens is 3. The Labute approximate surface area is 519 Å². The third-order valence-corrected chi connectivity index (χ3v) is 21.6. The summed E-state index contributed by atoms with van der Waals surface area (Å²) < 4.78 is 62.3. The van der Waals surface area contributed by atoms with Gasteiger partial charge in [-0.05, 0) is 144 Å². The highest BCUT2D eigenvalue weighted by Gasteiger charge is 2.51. The molecule has 9 heterocycles. The number of anilines is 5. The van der Waals surface area contributed by atoms with Crippen LogP contribution in [0, 0.1) is 21.4 Å². The first-order valence-corrected chi connectivity index (χ1v) is 33.5. The summed E-state index contributed by atoms with van der Waals surface area (Å²) in [7, 11) is -4.66. The van der Waals surface area contributed by atoms with Gasteiger partial charge in [0.2, 0.25) is 5.88 Å². The number of aromatic amines is 1. The summed E-state index contributed by atoms with van der Waals surface area (Å²) in [5.74, 6) is 2.41. The number of nitrogens with zero attached hydrogens (tertiary/aromatic N) is 8. The Hall–Kier alpha value is -7.28. The number of sulfonamides is 1. The lowest BCUT2D eigenvalue weighted by molar-refractivity contribution is -0.384. The second kappa shape index (κ2) is 24.2. The predicted octanol–water partition coefficient (Wildman–Crippen LogP) is 9.28. The van der Waals surface area contributed by atoms with Crippen LogP contribution in [0.15, 0.2) is 96.2 Å². The topological polar surface area (TPSA) is 243 Å². The molecular formula is C66H81N11O11S. The molecule has 8 aliphatic rings. The summed E-state index contributed by atoms with van der Waals surface area (Å²) in [6, 6.07) is 24.3. The number of amides is 1. The van der Waals surface area contributed by atoms with Crippen LogP contribution >= 0.6 is 0 Å². The number of nitro benzene ring substituents is 1. The van der Waals surface area contributed by atoms with Crippen molar-refractivity contribution in [1.29, 1.82) is 0 Å². The Balaban J connectivity index is 0.719. The normalized spacial score (nSPS) is 25.7. The molecule has 4 atom stereocenters. The molecule has 22 nitrogen and oxygen atoms in total. The number of nitrogens with one attached hydrogen (secondary N) is 3. The lowest BCUT2D eigenvalue weighted by Gasteiger charge is -2.59. The van der Waals surface area contributed by atoms with E-state index in [1.807, 2.05) is 43.6 Å². The quantitative estimate of drug-likeness (QED) is 0.0553. The van der Waals surface area contributed by atoms with Crippen LogP contribution in [0.5, 0.6) is 17.4 Å². The van der Waals surface area contributed by atoms with Crippen LogP contribution in [0.4, 0.5) is 34.3 Å². The number of pyridine rings is 2. The number of morpholine rings is 1. The highest BCUT2D eigenvalue weighted by atomic mass is 32.2. The SMILES string of the molecule is CC(C)Oc1ccccc1[C@H]1CN([C@H]2CCOc3c2ccnc3N2CCOCC2)CCN1C1CC2(CCN(c3ccc(C(=O)NS(=O)(=O)c4ccc(NCC5CCC(C)(O)CC5)c([N+](=O)[O-])c4)c(N4c5cc6cc[nH]c6nc5O[C@H]5COCC[C@@H]54)c3)CC2)C1. The summed E-state index contributed by atoms with van der Waals surface area (Å²) in [5.41, 5.74) is 4.36. The number of para-hydroxylation sites is 1. The fourth-order valence-electron chi connectivity index (χ4n) is 15.5. The molecule has 6 aliphatic heterocycles. The number of piperidine rings is 1. The van der Waals surface area contributed by atoms with Crippen molar-refractivity contribution in [2.24, 2.45) is 11.3 Å². The van der Waals surface area contributed by atoms with Gasteiger partial charge in [0.15, 0.2) is 11.6 Å². The minimum Gasteiger partial charge on any atom is -0.491 e. The molecular weight excluding hydrogens is 1150 g/mol. The first-order chi connectivity index (χ1) is 43.1. The van der Waals surface area contributed by atoms with Gasteiger partial charge in [-0.2, -0.15) is 4.98 Å². The first kappa shape index (κ1) is 59.3. The number of ether oxygens (including phenoxy) is 5. The maximum absolute atomic E-state index is 14.9. The predicted molar refractivity (Wildman–Crippen MR) is 337 cm³/mol. The summed E-state index contributed by atoms with van der Waals surface area (Å²) in [6.07, 6.45) is 11.7. The molecule has 2 aliphatic carbocycles. The van der Waals surface area contributed by atoms with Gasteiger partial charge in [-0.3, -0.25) is 24.7 Å². The summed E-state index contributed by atoms with van der Waals surface area (Å²) in [4.78, 5) is 51.5.